The lowest BCUT2D eigenvalue weighted by Crippen LogP contribution is -2.29. The summed E-state index contributed by atoms with van der Waals surface area (Å²) in [5.41, 5.74) is 0. The van der Waals surface area contributed by atoms with Gasteiger partial charge in [-0.3, -0.25) is 0 Å². The van der Waals surface area contributed by atoms with E-state index < -0.39 is 0 Å². The first-order valence-electron chi connectivity index (χ1n) is 6.28. The summed E-state index contributed by atoms with van der Waals surface area (Å²) in [4.78, 5) is 13.4. The summed E-state index contributed by atoms with van der Waals surface area (Å²) in [6.45, 7) is 6.20. The van der Waals surface area contributed by atoms with Crippen LogP contribution in [0, 0.1) is 0 Å². The Hall–Kier alpha value is -0.610. The molecule has 0 saturated carbocycles. The maximum absolute atomic E-state index is 11.0. The lowest BCUT2D eigenvalue weighted by atomic mass is 10.2. The number of likely N-dealkylation sites (tertiary alicyclic amines) is 1. The van der Waals surface area contributed by atoms with Crippen LogP contribution in [0.25, 0.3) is 0 Å². The molecule has 0 bridgehead atoms. The molecule has 0 spiro atoms. The van der Waals surface area contributed by atoms with Gasteiger partial charge in [-0.05, 0) is 32.9 Å². The van der Waals surface area contributed by atoms with Crippen LogP contribution in [0.4, 0.5) is 0 Å². The van der Waals surface area contributed by atoms with Gasteiger partial charge in [-0.1, -0.05) is 12.8 Å². The van der Waals surface area contributed by atoms with E-state index in [-0.39, 0.29) is 12.6 Å². The number of hydrogen-bond donors (Lipinski definition) is 0. The molecule has 0 atom stereocenters. The first-order chi connectivity index (χ1) is 7.83. The predicted octanol–water partition coefficient (Wildman–Crippen LogP) is 1.44. The summed E-state index contributed by atoms with van der Waals surface area (Å²) in [5, 5.41) is 0. The molecule has 4 nitrogen and oxygen atoms in total. The number of carbonyl (C=O) groups is 1. The van der Waals surface area contributed by atoms with Crippen molar-refractivity contribution >= 4 is 5.97 Å². The molecule has 0 aromatic carbocycles. The molecule has 0 unspecified atom stereocenters. The van der Waals surface area contributed by atoms with E-state index in [1.807, 2.05) is 0 Å². The van der Waals surface area contributed by atoms with Gasteiger partial charge in [0.25, 0.3) is 0 Å². The zero-order chi connectivity index (χ0) is 11.6. The van der Waals surface area contributed by atoms with Crippen molar-refractivity contribution in [2.45, 2.75) is 32.6 Å². The summed E-state index contributed by atoms with van der Waals surface area (Å²) in [6, 6.07) is 0. The fourth-order valence-corrected chi connectivity index (χ4v) is 1.91. The zero-order valence-electron chi connectivity index (χ0n) is 10.2. The molecular weight excluding hydrogens is 206 g/mol. The van der Waals surface area contributed by atoms with Crippen molar-refractivity contribution in [1.82, 2.24) is 4.90 Å². The molecule has 0 aromatic heterocycles. The van der Waals surface area contributed by atoms with Gasteiger partial charge in [0, 0.05) is 6.54 Å². The number of rotatable bonds is 6. The number of carbonyl (C=O) groups excluding carboxylic acids is 1. The largest absolute Gasteiger partial charge is 0.464 e. The van der Waals surface area contributed by atoms with Crippen molar-refractivity contribution in [3.63, 3.8) is 0 Å². The molecule has 1 fully saturated rings. The Morgan fingerprint density at radius 3 is 2.50 bits per heavy atom. The molecule has 0 N–H and O–H groups in total. The highest BCUT2D eigenvalue weighted by Crippen LogP contribution is 2.08. The van der Waals surface area contributed by atoms with Gasteiger partial charge in [0.2, 0.25) is 0 Å². The second-order valence-electron chi connectivity index (χ2n) is 4.11. The fourth-order valence-electron chi connectivity index (χ4n) is 1.91. The summed E-state index contributed by atoms with van der Waals surface area (Å²) < 4.78 is 10.1. The highest BCUT2D eigenvalue weighted by atomic mass is 16.6. The van der Waals surface area contributed by atoms with Crippen LogP contribution in [-0.2, 0) is 14.3 Å². The summed E-state index contributed by atoms with van der Waals surface area (Å²) in [7, 11) is 0. The Morgan fingerprint density at radius 1 is 1.19 bits per heavy atom. The minimum absolute atomic E-state index is 0.0850. The normalized spacial score (nSPS) is 18.1. The van der Waals surface area contributed by atoms with Crippen molar-refractivity contribution in [1.29, 1.82) is 0 Å². The smallest absolute Gasteiger partial charge is 0.332 e. The van der Waals surface area contributed by atoms with Gasteiger partial charge in [-0.15, -0.1) is 0 Å². The number of ether oxygens (including phenoxy) is 2. The van der Waals surface area contributed by atoms with Crippen molar-refractivity contribution in [2.24, 2.45) is 0 Å². The molecule has 0 radical (unpaired) electrons. The third-order valence-corrected chi connectivity index (χ3v) is 2.78. The second kappa shape index (κ2) is 8.53. The Kier molecular flexibility index (Phi) is 7.17. The van der Waals surface area contributed by atoms with E-state index in [1.165, 1.54) is 38.8 Å². The van der Waals surface area contributed by atoms with Gasteiger partial charge in [0.05, 0.1) is 13.2 Å². The first kappa shape index (κ1) is 13.5. The van der Waals surface area contributed by atoms with Gasteiger partial charge in [0.1, 0.15) is 6.61 Å². The molecule has 1 heterocycles. The van der Waals surface area contributed by atoms with Gasteiger partial charge >= 0.3 is 5.97 Å². The van der Waals surface area contributed by atoms with E-state index in [4.69, 9.17) is 9.47 Å². The number of esters is 1. The molecule has 1 aliphatic heterocycles. The van der Waals surface area contributed by atoms with E-state index in [9.17, 15) is 4.79 Å². The highest BCUT2D eigenvalue weighted by molar-refractivity contribution is 5.70. The second-order valence-corrected chi connectivity index (χ2v) is 4.11. The standard InChI is InChI=1S/C12H23NO3/c1-2-16-12(14)11-15-10-9-13-7-5-3-4-6-8-13/h2-11H2,1H3. The Bertz CT molecular complexity index is 189. The first-order valence-corrected chi connectivity index (χ1v) is 6.28. The zero-order valence-corrected chi connectivity index (χ0v) is 10.2. The molecule has 1 aliphatic rings. The minimum atomic E-state index is -0.265. The number of hydrogen-bond acceptors (Lipinski definition) is 4. The lowest BCUT2D eigenvalue weighted by Gasteiger charge is -2.19. The average Bonchev–Trinajstić information content (AvgIpc) is 2.53. The van der Waals surface area contributed by atoms with Gasteiger partial charge in [-0.2, -0.15) is 0 Å². The van der Waals surface area contributed by atoms with Crippen LogP contribution < -0.4 is 0 Å². The monoisotopic (exact) mass is 229 g/mol. The SMILES string of the molecule is CCOC(=O)COCCN1CCCCCC1. The third kappa shape index (κ3) is 6.08. The van der Waals surface area contributed by atoms with Crippen LogP contribution in [0.2, 0.25) is 0 Å². The van der Waals surface area contributed by atoms with Crippen molar-refractivity contribution < 1.29 is 14.3 Å². The molecule has 16 heavy (non-hydrogen) atoms. The van der Waals surface area contributed by atoms with E-state index in [0.29, 0.717) is 13.2 Å². The lowest BCUT2D eigenvalue weighted by molar-refractivity contribution is -0.148. The van der Waals surface area contributed by atoms with E-state index in [2.05, 4.69) is 4.90 Å². The molecule has 0 aromatic rings. The predicted molar refractivity (Wildman–Crippen MR) is 62.4 cm³/mol. The summed E-state index contributed by atoms with van der Waals surface area (Å²) in [5.74, 6) is -0.265. The van der Waals surface area contributed by atoms with Crippen molar-refractivity contribution in [2.75, 3.05) is 39.5 Å². The van der Waals surface area contributed by atoms with Gasteiger partial charge in [-0.25, -0.2) is 4.79 Å². The van der Waals surface area contributed by atoms with Crippen LogP contribution in [0.3, 0.4) is 0 Å². The van der Waals surface area contributed by atoms with Crippen LogP contribution in [0.15, 0.2) is 0 Å². The van der Waals surface area contributed by atoms with Crippen LogP contribution in [0.1, 0.15) is 32.6 Å². The van der Waals surface area contributed by atoms with Crippen molar-refractivity contribution in [3.05, 3.63) is 0 Å². The van der Waals surface area contributed by atoms with Gasteiger partial charge in [0.15, 0.2) is 0 Å². The Morgan fingerprint density at radius 2 is 1.88 bits per heavy atom. The topological polar surface area (TPSA) is 38.8 Å². The van der Waals surface area contributed by atoms with Gasteiger partial charge < -0.3 is 14.4 Å². The highest BCUT2D eigenvalue weighted by Gasteiger charge is 2.08. The summed E-state index contributed by atoms with van der Waals surface area (Å²) in [6.07, 6.45) is 5.27. The quantitative estimate of drug-likeness (QED) is 0.510. The Balaban J connectivity index is 1.99. The van der Waals surface area contributed by atoms with Crippen LogP contribution in [0.5, 0.6) is 0 Å². The number of nitrogens with zero attached hydrogens (tertiary/aromatic N) is 1. The van der Waals surface area contributed by atoms with E-state index >= 15 is 0 Å². The maximum atomic E-state index is 11.0. The summed E-state index contributed by atoms with van der Waals surface area (Å²) >= 11 is 0. The molecule has 1 saturated heterocycles. The molecule has 94 valence electrons. The Labute approximate surface area is 97.9 Å². The minimum Gasteiger partial charge on any atom is -0.464 e. The van der Waals surface area contributed by atoms with E-state index in [1.54, 1.807) is 6.92 Å². The van der Waals surface area contributed by atoms with Crippen LogP contribution >= 0.6 is 0 Å². The van der Waals surface area contributed by atoms with E-state index in [0.717, 1.165) is 6.54 Å². The fraction of sp³-hybridized carbons (Fsp3) is 0.917. The molecule has 1 rings (SSSR count). The molecular formula is C12H23NO3. The average molecular weight is 229 g/mol. The molecule has 4 heteroatoms. The maximum Gasteiger partial charge on any atom is 0.332 e. The van der Waals surface area contributed by atoms with Crippen LogP contribution in [-0.4, -0.2) is 50.3 Å². The molecule has 0 aliphatic carbocycles. The van der Waals surface area contributed by atoms with Crippen molar-refractivity contribution in [3.8, 4) is 0 Å². The third-order valence-electron chi connectivity index (χ3n) is 2.78. The molecule has 0 amide bonds.